The third kappa shape index (κ3) is 44.8. The van der Waals surface area contributed by atoms with Crippen LogP contribution in [-0.4, -0.2) is 37.2 Å². The van der Waals surface area contributed by atoms with Gasteiger partial charge in [0.15, 0.2) is 6.10 Å². The molecule has 0 aromatic carbocycles. The van der Waals surface area contributed by atoms with Gasteiger partial charge in [-0.1, -0.05) is 199 Å². The fourth-order valence-corrected chi connectivity index (χ4v) is 7.14. The van der Waals surface area contributed by atoms with Gasteiger partial charge in [-0.05, 0) is 70.6 Å². The van der Waals surface area contributed by atoms with Crippen LogP contribution in [0, 0.1) is 0 Å². The van der Waals surface area contributed by atoms with Crippen molar-refractivity contribution in [1.82, 2.24) is 0 Å². The van der Waals surface area contributed by atoms with Crippen molar-refractivity contribution >= 4 is 17.9 Å². The lowest BCUT2D eigenvalue weighted by molar-refractivity contribution is -0.167. The molecule has 0 saturated heterocycles. The second kappa shape index (κ2) is 46.6. The van der Waals surface area contributed by atoms with Crippen molar-refractivity contribution in [2.45, 2.75) is 271 Å². The lowest BCUT2D eigenvalue weighted by atomic mass is 10.1. The van der Waals surface area contributed by atoms with Gasteiger partial charge in [0.05, 0.1) is 0 Å². The summed E-state index contributed by atoms with van der Waals surface area (Å²) in [4.78, 5) is 37.8. The number of hydrogen-bond donors (Lipinski definition) is 0. The number of ether oxygens (including phenoxy) is 3. The molecule has 0 aromatic rings. The summed E-state index contributed by atoms with van der Waals surface area (Å²) in [7, 11) is 0. The molecule has 0 amide bonds. The highest BCUT2D eigenvalue weighted by Crippen LogP contribution is 2.15. The van der Waals surface area contributed by atoms with Crippen LogP contribution in [0.2, 0.25) is 0 Å². The minimum Gasteiger partial charge on any atom is -0.462 e. The molecule has 0 spiro atoms. The molecule has 334 valence electrons. The van der Waals surface area contributed by atoms with Crippen LogP contribution >= 0.6 is 0 Å². The molecule has 0 rings (SSSR count). The Labute approximate surface area is 353 Å². The van der Waals surface area contributed by atoms with Crippen molar-refractivity contribution in [3.63, 3.8) is 0 Å². The molecular formula is C51H94O6. The summed E-state index contributed by atoms with van der Waals surface area (Å²) in [6, 6.07) is 0. The fraction of sp³-hybridized carbons (Fsp3) is 0.863. The predicted molar refractivity (Wildman–Crippen MR) is 243 cm³/mol. The quantitative estimate of drug-likeness (QED) is 0.0264. The number of carbonyl (C=O) groups is 3. The molecule has 0 saturated carbocycles. The van der Waals surface area contributed by atoms with E-state index in [0.29, 0.717) is 19.3 Å². The molecule has 0 aromatic heterocycles. The minimum atomic E-state index is -0.773. The van der Waals surface area contributed by atoms with Gasteiger partial charge < -0.3 is 14.2 Å². The molecule has 1 atom stereocenters. The van der Waals surface area contributed by atoms with Crippen molar-refractivity contribution in [2.24, 2.45) is 0 Å². The van der Waals surface area contributed by atoms with E-state index >= 15 is 0 Å². The van der Waals surface area contributed by atoms with Gasteiger partial charge in [-0.2, -0.15) is 0 Å². The summed E-state index contributed by atoms with van der Waals surface area (Å²) < 4.78 is 16.7. The van der Waals surface area contributed by atoms with E-state index in [9.17, 15) is 14.4 Å². The van der Waals surface area contributed by atoms with Crippen molar-refractivity contribution in [1.29, 1.82) is 0 Å². The second-order valence-corrected chi connectivity index (χ2v) is 16.7. The van der Waals surface area contributed by atoms with E-state index in [-0.39, 0.29) is 31.1 Å². The van der Waals surface area contributed by atoms with Gasteiger partial charge >= 0.3 is 17.9 Å². The highest BCUT2D eigenvalue weighted by molar-refractivity contribution is 5.71. The third-order valence-corrected chi connectivity index (χ3v) is 10.9. The van der Waals surface area contributed by atoms with Crippen molar-refractivity contribution in [3.8, 4) is 0 Å². The Morgan fingerprint density at radius 3 is 0.877 bits per heavy atom. The number of unbranched alkanes of at least 4 members (excludes halogenated alkanes) is 30. The third-order valence-electron chi connectivity index (χ3n) is 10.9. The Bertz CT molecular complexity index is 927. The van der Waals surface area contributed by atoms with Gasteiger partial charge in [0.1, 0.15) is 13.2 Å². The van der Waals surface area contributed by atoms with Crippen molar-refractivity contribution in [2.75, 3.05) is 13.2 Å². The summed E-state index contributed by atoms with van der Waals surface area (Å²) in [5, 5.41) is 0. The number of esters is 3. The Morgan fingerprint density at radius 2 is 0.579 bits per heavy atom. The highest BCUT2D eigenvalue weighted by Gasteiger charge is 2.19. The van der Waals surface area contributed by atoms with Crippen LogP contribution in [0.3, 0.4) is 0 Å². The molecule has 0 radical (unpaired) electrons. The maximum atomic E-state index is 12.7. The van der Waals surface area contributed by atoms with Gasteiger partial charge in [0.2, 0.25) is 0 Å². The van der Waals surface area contributed by atoms with Crippen LogP contribution in [0.4, 0.5) is 0 Å². The predicted octanol–water partition coefficient (Wildman–Crippen LogP) is 16.0. The average molecular weight is 803 g/mol. The van der Waals surface area contributed by atoms with Gasteiger partial charge in [-0.25, -0.2) is 0 Å². The molecular weight excluding hydrogens is 709 g/mol. The lowest BCUT2D eigenvalue weighted by Gasteiger charge is -2.18. The van der Waals surface area contributed by atoms with Crippen LogP contribution in [-0.2, 0) is 28.6 Å². The van der Waals surface area contributed by atoms with E-state index in [1.165, 1.54) is 154 Å². The Hall–Kier alpha value is -2.11. The second-order valence-electron chi connectivity index (χ2n) is 16.7. The first-order chi connectivity index (χ1) is 28.0. The number of allylic oxidation sites excluding steroid dienone is 4. The molecule has 6 heteroatoms. The number of carbonyl (C=O) groups excluding carboxylic acids is 3. The molecule has 0 heterocycles. The van der Waals surface area contributed by atoms with Crippen molar-refractivity contribution in [3.05, 3.63) is 24.3 Å². The van der Waals surface area contributed by atoms with E-state index in [4.69, 9.17) is 14.2 Å². The SMILES string of the molecule is CCCCCCC/C=C\CCCCCCCC(=O)OC(COC(=O)CCCCCCC/C=C\CCCCCCCC)COC(=O)CCCCCCCCCCCC. The van der Waals surface area contributed by atoms with E-state index in [2.05, 4.69) is 45.1 Å². The first-order valence-corrected chi connectivity index (χ1v) is 24.8. The average Bonchev–Trinajstić information content (AvgIpc) is 3.21. The van der Waals surface area contributed by atoms with E-state index < -0.39 is 6.10 Å². The summed E-state index contributed by atoms with van der Waals surface area (Å²) >= 11 is 0. The van der Waals surface area contributed by atoms with Gasteiger partial charge in [0.25, 0.3) is 0 Å². The Morgan fingerprint density at radius 1 is 0.333 bits per heavy atom. The maximum absolute atomic E-state index is 12.7. The topological polar surface area (TPSA) is 78.9 Å². The van der Waals surface area contributed by atoms with Crippen LogP contribution < -0.4 is 0 Å². The molecule has 0 bridgehead atoms. The fourth-order valence-electron chi connectivity index (χ4n) is 7.14. The summed E-state index contributed by atoms with van der Waals surface area (Å²) in [5.74, 6) is -0.884. The zero-order valence-electron chi connectivity index (χ0n) is 38.1. The number of rotatable bonds is 45. The molecule has 0 aliphatic rings. The standard InChI is InChI=1S/C51H94O6/c1-4-7-10-13-16-19-22-24-26-28-29-32-35-38-41-44-50(53)56-47-48(46-55-49(52)43-40-37-34-31-21-18-15-12-9-6-3)57-51(54)45-42-39-36-33-30-27-25-23-20-17-14-11-8-5-2/h23-26,48H,4-22,27-47H2,1-3H3/b25-23-,26-24-. The molecule has 0 fully saturated rings. The van der Waals surface area contributed by atoms with Crippen LogP contribution in [0.25, 0.3) is 0 Å². The normalized spacial score (nSPS) is 12.1. The molecule has 57 heavy (non-hydrogen) atoms. The summed E-state index contributed by atoms with van der Waals surface area (Å²) in [5.41, 5.74) is 0. The molecule has 0 aliphatic heterocycles. The van der Waals surface area contributed by atoms with E-state index in [1.54, 1.807) is 0 Å². The maximum Gasteiger partial charge on any atom is 0.306 e. The zero-order chi connectivity index (χ0) is 41.5. The van der Waals surface area contributed by atoms with Gasteiger partial charge in [-0.3, -0.25) is 14.4 Å². The van der Waals surface area contributed by atoms with E-state index in [0.717, 1.165) is 70.6 Å². The molecule has 1 unspecified atom stereocenters. The van der Waals surface area contributed by atoms with Crippen LogP contribution in [0.5, 0.6) is 0 Å². The smallest absolute Gasteiger partial charge is 0.306 e. The zero-order valence-corrected chi connectivity index (χ0v) is 38.1. The first kappa shape index (κ1) is 54.9. The minimum absolute atomic E-state index is 0.0741. The molecule has 0 aliphatic carbocycles. The van der Waals surface area contributed by atoms with Crippen molar-refractivity contribution < 1.29 is 28.6 Å². The lowest BCUT2D eigenvalue weighted by Crippen LogP contribution is -2.30. The Balaban J connectivity index is 4.35. The largest absolute Gasteiger partial charge is 0.462 e. The van der Waals surface area contributed by atoms with Crippen LogP contribution in [0.1, 0.15) is 265 Å². The first-order valence-electron chi connectivity index (χ1n) is 24.8. The Kier molecular flexibility index (Phi) is 44.9. The monoisotopic (exact) mass is 803 g/mol. The highest BCUT2D eigenvalue weighted by atomic mass is 16.6. The molecule has 0 N–H and O–H groups in total. The van der Waals surface area contributed by atoms with Gasteiger partial charge in [0, 0.05) is 19.3 Å². The van der Waals surface area contributed by atoms with E-state index in [1.807, 2.05) is 0 Å². The van der Waals surface area contributed by atoms with Gasteiger partial charge in [-0.15, -0.1) is 0 Å². The molecule has 6 nitrogen and oxygen atoms in total. The van der Waals surface area contributed by atoms with Crippen LogP contribution in [0.15, 0.2) is 24.3 Å². The summed E-state index contributed by atoms with van der Waals surface area (Å²) in [6.07, 6.45) is 51.5. The number of hydrogen-bond acceptors (Lipinski definition) is 6. The summed E-state index contributed by atoms with van der Waals surface area (Å²) in [6.45, 7) is 6.61.